The first-order valence-electron chi connectivity index (χ1n) is 5.59. The van der Waals surface area contributed by atoms with Crippen LogP contribution in [0.5, 0.6) is 0 Å². The Balaban J connectivity index is 2.69. The second kappa shape index (κ2) is 4.49. The van der Waals surface area contributed by atoms with Crippen LogP contribution in [0.15, 0.2) is 14.6 Å². The molecule has 2 N–H and O–H groups in total. The molecule has 1 aliphatic heterocycles. The largest absolute Gasteiger partial charge is 0.387 e. The normalized spacial score (nSPS) is 13.7. The molecule has 0 atom stereocenters. The van der Waals surface area contributed by atoms with Gasteiger partial charge in [0.2, 0.25) is 0 Å². The van der Waals surface area contributed by atoms with E-state index in [0.29, 0.717) is 30.1 Å². The predicted molar refractivity (Wildman–Crippen MR) is 65.8 cm³/mol. The van der Waals surface area contributed by atoms with Gasteiger partial charge in [-0.1, -0.05) is 0 Å². The van der Waals surface area contributed by atoms with Crippen LogP contribution in [0.4, 0.5) is 5.82 Å². The molecule has 0 radical (unpaired) electrons. The van der Waals surface area contributed by atoms with Gasteiger partial charge in [-0.05, 0) is 6.42 Å². The van der Waals surface area contributed by atoms with E-state index in [1.54, 1.807) is 7.05 Å². The second-order valence-corrected chi connectivity index (χ2v) is 4.11. The van der Waals surface area contributed by atoms with E-state index in [9.17, 15) is 9.59 Å². The molecule has 94 valence electrons. The number of nitrogens with two attached hydrogens (primary N) is 1. The third kappa shape index (κ3) is 1.82. The van der Waals surface area contributed by atoms with Crippen molar-refractivity contribution in [3.8, 4) is 6.07 Å². The van der Waals surface area contributed by atoms with Crippen LogP contribution in [0, 0.1) is 11.3 Å². The van der Waals surface area contributed by atoms with Crippen LogP contribution < -0.4 is 17.0 Å². The molecule has 0 bridgehead atoms. The minimum Gasteiger partial charge on any atom is -0.387 e. The average molecular weight is 247 g/mol. The summed E-state index contributed by atoms with van der Waals surface area (Å²) in [6, 6.07) is 1.92. The molecule has 2 heterocycles. The Morgan fingerprint density at radius 3 is 2.83 bits per heavy atom. The molecule has 0 amide bonds. The molecule has 0 unspecified atom stereocenters. The van der Waals surface area contributed by atoms with Gasteiger partial charge in [0.1, 0.15) is 11.7 Å². The minimum atomic E-state index is -0.465. The third-order valence-corrected chi connectivity index (χ3v) is 2.94. The van der Waals surface area contributed by atoms with Gasteiger partial charge in [0.15, 0.2) is 0 Å². The Morgan fingerprint density at radius 2 is 2.17 bits per heavy atom. The van der Waals surface area contributed by atoms with Crippen molar-refractivity contribution in [3.63, 3.8) is 0 Å². The molecule has 0 fully saturated rings. The SMILES string of the molecule is Cn1c2c(c(=O)n(CCC#N)c1=O)CCC(N)=N2. The summed E-state index contributed by atoms with van der Waals surface area (Å²) in [5, 5.41) is 8.54. The zero-order chi connectivity index (χ0) is 13.3. The molecule has 2 rings (SSSR count). The Labute approximate surface area is 103 Å². The molecule has 0 aromatic carbocycles. The molecule has 0 saturated carbocycles. The summed E-state index contributed by atoms with van der Waals surface area (Å²) in [5.41, 5.74) is 5.28. The van der Waals surface area contributed by atoms with Crippen LogP contribution in [0.1, 0.15) is 18.4 Å². The van der Waals surface area contributed by atoms with Gasteiger partial charge >= 0.3 is 5.69 Å². The number of aliphatic imine (C=N–C) groups is 1. The number of aromatic nitrogens is 2. The van der Waals surface area contributed by atoms with E-state index in [-0.39, 0.29) is 18.5 Å². The molecule has 0 spiro atoms. The van der Waals surface area contributed by atoms with E-state index in [1.165, 1.54) is 4.57 Å². The maximum atomic E-state index is 12.1. The predicted octanol–water partition coefficient (Wildman–Crippen LogP) is -0.604. The Morgan fingerprint density at radius 1 is 1.44 bits per heavy atom. The van der Waals surface area contributed by atoms with Crippen LogP contribution in [-0.4, -0.2) is 15.0 Å². The quantitative estimate of drug-likeness (QED) is 0.752. The Kier molecular flexibility index (Phi) is 3.02. The van der Waals surface area contributed by atoms with Crippen molar-refractivity contribution in [1.82, 2.24) is 9.13 Å². The van der Waals surface area contributed by atoms with Crippen molar-refractivity contribution in [1.29, 1.82) is 5.26 Å². The van der Waals surface area contributed by atoms with Gasteiger partial charge in [0.25, 0.3) is 5.56 Å². The zero-order valence-electron chi connectivity index (χ0n) is 10.0. The highest BCUT2D eigenvalue weighted by atomic mass is 16.2. The molecule has 0 saturated heterocycles. The van der Waals surface area contributed by atoms with Crippen molar-refractivity contribution in [2.24, 2.45) is 17.8 Å². The maximum absolute atomic E-state index is 12.1. The first-order valence-corrected chi connectivity index (χ1v) is 5.59. The fourth-order valence-electron chi connectivity index (χ4n) is 1.98. The summed E-state index contributed by atoms with van der Waals surface area (Å²) in [6.45, 7) is 0.106. The van der Waals surface area contributed by atoms with Gasteiger partial charge in [0, 0.05) is 20.0 Å². The fourth-order valence-corrected chi connectivity index (χ4v) is 1.98. The molecule has 18 heavy (non-hydrogen) atoms. The lowest BCUT2D eigenvalue weighted by atomic mass is 10.1. The van der Waals surface area contributed by atoms with Crippen molar-refractivity contribution in [3.05, 3.63) is 26.4 Å². The number of hydrogen-bond donors (Lipinski definition) is 1. The van der Waals surface area contributed by atoms with Crippen molar-refractivity contribution in [2.45, 2.75) is 25.8 Å². The van der Waals surface area contributed by atoms with Gasteiger partial charge in [-0.15, -0.1) is 0 Å². The molecule has 0 aliphatic carbocycles. The van der Waals surface area contributed by atoms with E-state index < -0.39 is 5.69 Å². The molecular weight excluding hydrogens is 234 g/mol. The van der Waals surface area contributed by atoms with Crippen LogP contribution in [0.3, 0.4) is 0 Å². The lowest BCUT2D eigenvalue weighted by Crippen LogP contribution is -2.42. The van der Waals surface area contributed by atoms with Crippen molar-refractivity contribution >= 4 is 11.7 Å². The lowest BCUT2D eigenvalue weighted by Gasteiger charge is -2.17. The first-order chi connectivity index (χ1) is 8.56. The van der Waals surface area contributed by atoms with E-state index >= 15 is 0 Å². The highest BCUT2D eigenvalue weighted by molar-refractivity contribution is 5.84. The molecule has 1 aliphatic rings. The van der Waals surface area contributed by atoms with E-state index in [1.807, 2.05) is 6.07 Å². The standard InChI is InChI=1S/C11H13N5O2/c1-15-9-7(3-4-8(13)14-9)10(17)16(11(15)18)6-2-5-12/h2-4,6H2,1H3,(H2,13,14). The van der Waals surface area contributed by atoms with Crippen LogP contribution >= 0.6 is 0 Å². The maximum Gasteiger partial charge on any atom is 0.332 e. The molecule has 7 nitrogen and oxygen atoms in total. The topological polar surface area (TPSA) is 106 Å². The van der Waals surface area contributed by atoms with Crippen molar-refractivity contribution < 1.29 is 0 Å². The van der Waals surface area contributed by atoms with Gasteiger partial charge in [0.05, 0.1) is 18.1 Å². The highest BCUT2D eigenvalue weighted by Crippen LogP contribution is 2.19. The van der Waals surface area contributed by atoms with Crippen LogP contribution in [-0.2, 0) is 20.0 Å². The number of fused-ring (bicyclic) bond motifs is 1. The molecule has 7 heteroatoms. The number of nitriles is 1. The Hall–Kier alpha value is -2.36. The Bertz CT molecular complexity index is 674. The van der Waals surface area contributed by atoms with E-state index in [0.717, 1.165) is 4.57 Å². The monoisotopic (exact) mass is 247 g/mol. The van der Waals surface area contributed by atoms with Gasteiger partial charge in [-0.2, -0.15) is 5.26 Å². The minimum absolute atomic E-state index is 0.106. The fraction of sp³-hybridized carbons (Fsp3) is 0.455. The summed E-state index contributed by atoms with van der Waals surface area (Å²) in [7, 11) is 1.55. The number of amidine groups is 1. The van der Waals surface area contributed by atoms with Gasteiger partial charge in [-0.3, -0.25) is 13.9 Å². The van der Waals surface area contributed by atoms with Crippen LogP contribution in [0.2, 0.25) is 0 Å². The molecule has 1 aromatic heterocycles. The third-order valence-electron chi connectivity index (χ3n) is 2.94. The van der Waals surface area contributed by atoms with E-state index in [2.05, 4.69) is 4.99 Å². The highest BCUT2D eigenvalue weighted by Gasteiger charge is 2.20. The van der Waals surface area contributed by atoms with Crippen LogP contribution in [0.25, 0.3) is 0 Å². The summed E-state index contributed by atoms with van der Waals surface area (Å²) < 4.78 is 2.39. The van der Waals surface area contributed by atoms with Crippen molar-refractivity contribution in [2.75, 3.05) is 0 Å². The van der Waals surface area contributed by atoms with E-state index in [4.69, 9.17) is 11.0 Å². The molecular formula is C11H13N5O2. The first kappa shape index (κ1) is 12.1. The average Bonchev–Trinajstić information content (AvgIpc) is 2.36. The summed E-state index contributed by atoms with van der Waals surface area (Å²) >= 11 is 0. The second-order valence-electron chi connectivity index (χ2n) is 4.11. The summed E-state index contributed by atoms with van der Waals surface area (Å²) in [4.78, 5) is 28.2. The smallest absolute Gasteiger partial charge is 0.332 e. The summed E-state index contributed by atoms with van der Waals surface area (Å²) in [5.74, 6) is 0.758. The zero-order valence-corrected chi connectivity index (χ0v) is 10.0. The number of hydrogen-bond acceptors (Lipinski definition) is 5. The number of nitrogens with zero attached hydrogens (tertiary/aromatic N) is 4. The van der Waals surface area contributed by atoms with Gasteiger partial charge in [-0.25, -0.2) is 9.79 Å². The lowest BCUT2D eigenvalue weighted by molar-refractivity contribution is 0.589. The molecule has 1 aromatic rings. The number of rotatable bonds is 2. The summed E-state index contributed by atoms with van der Waals surface area (Å²) in [6.07, 6.45) is 1.11. The van der Waals surface area contributed by atoms with Gasteiger partial charge < -0.3 is 5.73 Å².